The molecule has 0 bridgehead atoms. The number of benzene rings is 1. The van der Waals surface area contributed by atoms with Gasteiger partial charge in [-0.05, 0) is 55.9 Å². The first-order valence-corrected chi connectivity index (χ1v) is 9.23. The number of likely N-dealkylation sites (tertiary alicyclic amines) is 1. The second kappa shape index (κ2) is 6.01. The molecule has 1 atom stereocenters. The second-order valence-corrected chi connectivity index (χ2v) is 7.42. The number of aromatic nitrogens is 1. The summed E-state index contributed by atoms with van der Waals surface area (Å²) in [6, 6.07) is 8.90. The third kappa shape index (κ3) is 2.84. The van der Waals surface area contributed by atoms with Crippen molar-refractivity contribution < 1.29 is 4.42 Å². The van der Waals surface area contributed by atoms with E-state index in [-0.39, 0.29) is 0 Å². The molecule has 0 N–H and O–H groups in total. The van der Waals surface area contributed by atoms with Gasteiger partial charge in [-0.3, -0.25) is 4.90 Å². The predicted octanol–water partition coefficient (Wildman–Crippen LogP) is 3.90. The Morgan fingerprint density at radius 3 is 2.86 bits per heavy atom. The van der Waals surface area contributed by atoms with Gasteiger partial charge in [0.15, 0.2) is 11.5 Å². The Bertz CT molecular complexity index is 573. The van der Waals surface area contributed by atoms with Gasteiger partial charge in [0.05, 0.1) is 0 Å². The van der Waals surface area contributed by atoms with Crippen molar-refractivity contribution in [3.05, 3.63) is 30.2 Å². The highest BCUT2D eigenvalue weighted by Gasteiger charge is 2.30. The molecule has 1 aromatic carbocycles. The lowest BCUT2D eigenvalue weighted by atomic mass is 9.95. The molecule has 112 valence electrons. The number of fused-ring (bicyclic) bond motifs is 1. The maximum absolute atomic E-state index is 6.00. The highest BCUT2D eigenvalue weighted by Crippen LogP contribution is 2.32. The maximum Gasteiger partial charge on any atom is 0.199 e. The number of thioether (sulfide) groups is 1. The largest absolute Gasteiger partial charge is 0.440 e. The summed E-state index contributed by atoms with van der Waals surface area (Å²) in [5.41, 5.74) is 1.93. The summed E-state index contributed by atoms with van der Waals surface area (Å²) >= 11 is 2.11. The molecular weight excluding hydrogens is 280 g/mol. The Labute approximate surface area is 130 Å². The van der Waals surface area contributed by atoms with E-state index in [1.807, 2.05) is 24.3 Å². The van der Waals surface area contributed by atoms with Crippen molar-refractivity contribution in [2.75, 3.05) is 24.6 Å². The van der Waals surface area contributed by atoms with Crippen LogP contribution in [0.4, 0.5) is 0 Å². The summed E-state index contributed by atoms with van der Waals surface area (Å²) < 4.78 is 6.00. The Kier molecular flexibility index (Phi) is 3.91. The van der Waals surface area contributed by atoms with Gasteiger partial charge in [-0.25, -0.2) is 4.98 Å². The molecule has 2 aromatic rings. The van der Waals surface area contributed by atoms with Crippen LogP contribution in [0.3, 0.4) is 0 Å². The van der Waals surface area contributed by atoms with Crippen molar-refractivity contribution in [3.63, 3.8) is 0 Å². The van der Waals surface area contributed by atoms with E-state index in [0.29, 0.717) is 5.92 Å². The number of hydrogen-bond donors (Lipinski definition) is 0. The quantitative estimate of drug-likeness (QED) is 0.841. The maximum atomic E-state index is 6.00. The van der Waals surface area contributed by atoms with E-state index in [0.717, 1.165) is 29.6 Å². The van der Waals surface area contributed by atoms with E-state index in [1.165, 1.54) is 43.7 Å². The Balaban J connectivity index is 1.51. The van der Waals surface area contributed by atoms with Crippen molar-refractivity contribution in [1.82, 2.24) is 9.88 Å². The molecule has 3 heterocycles. The number of hydrogen-bond acceptors (Lipinski definition) is 4. The van der Waals surface area contributed by atoms with Crippen LogP contribution in [0, 0.1) is 0 Å². The van der Waals surface area contributed by atoms with Gasteiger partial charge in [0.2, 0.25) is 0 Å². The Morgan fingerprint density at radius 1 is 1.14 bits per heavy atom. The van der Waals surface area contributed by atoms with Crippen LogP contribution in [0.2, 0.25) is 0 Å². The van der Waals surface area contributed by atoms with Gasteiger partial charge in [-0.2, -0.15) is 11.8 Å². The summed E-state index contributed by atoms with van der Waals surface area (Å²) in [5.74, 6) is 4.08. The van der Waals surface area contributed by atoms with Gasteiger partial charge in [0.1, 0.15) is 5.52 Å². The summed E-state index contributed by atoms with van der Waals surface area (Å²) in [6.07, 6.45) is 5.19. The van der Waals surface area contributed by atoms with E-state index in [4.69, 9.17) is 9.40 Å². The molecule has 2 saturated heterocycles. The molecular formula is C17H22N2OS. The minimum absolute atomic E-state index is 0.473. The molecule has 0 unspecified atom stereocenters. The van der Waals surface area contributed by atoms with Crippen LogP contribution < -0.4 is 0 Å². The molecule has 2 fully saturated rings. The normalized spacial score (nSPS) is 25.4. The van der Waals surface area contributed by atoms with Gasteiger partial charge in [0, 0.05) is 18.5 Å². The van der Waals surface area contributed by atoms with Gasteiger partial charge < -0.3 is 4.42 Å². The fourth-order valence-electron chi connectivity index (χ4n) is 3.65. The molecule has 3 nitrogen and oxygen atoms in total. The number of nitrogens with zero attached hydrogens (tertiary/aromatic N) is 2. The third-order valence-electron chi connectivity index (χ3n) is 4.82. The smallest absolute Gasteiger partial charge is 0.199 e. The SMILES string of the molecule is c1ccc2oc([C@H]3CCCN(C4CCSCC4)C3)nc2c1. The van der Waals surface area contributed by atoms with E-state index >= 15 is 0 Å². The molecule has 1 aromatic heterocycles. The number of piperidine rings is 1. The standard InChI is InChI=1S/C17H22N2OS/c1-2-6-16-15(5-1)18-17(20-16)13-4-3-9-19(12-13)14-7-10-21-11-8-14/h1-2,5-6,13-14H,3-4,7-12H2/t13-/m0/s1. The predicted molar refractivity (Wildman–Crippen MR) is 87.9 cm³/mol. The molecule has 4 rings (SSSR count). The van der Waals surface area contributed by atoms with Crippen molar-refractivity contribution in [2.45, 2.75) is 37.6 Å². The second-order valence-electron chi connectivity index (χ2n) is 6.20. The highest BCUT2D eigenvalue weighted by atomic mass is 32.2. The minimum Gasteiger partial charge on any atom is -0.440 e. The molecule has 0 radical (unpaired) electrons. The molecule has 0 saturated carbocycles. The molecule has 2 aliphatic heterocycles. The fourth-order valence-corrected chi connectivity index (χ4v) is 4.74. The average Bonchev–Trinajstić information content (AvgIpc) is 3.00. The van der Waals surface area contributed by atoms with Gasteiger partial charge in [-0.1, -0.05) is 12.1 Å². The Morgan fingerprint density at radius 2 is 2.00 bits per heavy atom. The van der Waals surface area contributed by atoms with Crippen LogP contribution in [0.5, 0.6) is 0 Å². The third-order valence-corrected chi connectivity index (χ3v) is 5.87. The van der Waals surface area contributed by atoms with Crippen LogP contribution >= 0.6 is 11.8 Å². The summed E-state index contributed by atoms with van der Waals surface area (Å²) in [5, 5.41) is 0. The zero-order valence-electron chi connectivity index (χ0n) is 12.3. The summed E-state index contributed by atoms with van der Waals surface area (Å²) in [4.78, 5) is 7.42. The molecule has 0 spiro atoms. The van der Waals surface area contributed by atoms with E-state index in [2.05, 4.69) is 16.7 Å². The molecule has 2 aliphatic rings. The first-order valence-electron chi connectivity index (χ1n) is 8.07. The lowest BCUT2D eigenvalue weighted by Gasteiger charge is -2.39. The molecule has 21 heavy (non-hydrogen) atoms. The summed E-state index contributed by atoms with van der Waals surface area (Å²) in [6.45, 7) is 2.38. The number of rotatable bonds is 2. The van der Waals surface area contributed by atoms with Crippen molar-refractivity contribution in [3.8, 4) is 0 Å². The van der Waals surface area contributed by atoms with Crippen LogP contribution in [0.25, 0.3) is 11.1 Å². The average molecular weight is 302 g/mol. The van der Waals surface area contributed by atoms with E-state index < -0.39 is 0 Å². The van der Waals surface area contributed by atoms with Gasteiger partial charge >= 0.3 is 0 Å². The molecule has 4 heteroatoms. The number of para-hydroxylation sites is 2. The van der Waals surface area contributed by atoms with Crippen molar-refractivity contribution in [1.29, 1.82) is 0 Å². The zero-order valence-corrected chi connectivity index (χ0v) is 13.1. The molecule has 0 aliphatic carbocycles. The Hall–Kier alpha value is -1.00. The van der Waals surface area contributed by atoms with Gasteiger partial charge in [0.25, 0.3) is 0 Å². The van der Waals surface area contributed by atoms with Crippen LogP contribution in [-0.2, 0) is 0 Å². The van der Waals surface area contributed by atoms with Crippen molar-refractivity contribution >= 4 is 22.9 Å². The van der Waals surface area contributed by atoms with Crippen LogP contribution in [0.15, 0.2) is 28.7 Å². The van der Waals surface area contributed by atoms with E-state index in [1.54, 1.807) is 0 Å². The lowest BCUT2D eigenvalue weighted by molar-refractivity contribution is 0.132. The zero-order chi connectivity index (χ0) is 14.1. The van der Waals surface area contributed by atoms with E-state index in [9.17, 15) is 0 Å². The van der Waals surface area contributed by atoms with Crippen LogP contribution in [0.1, 0.15) is 37.5 Å². The first-order chi connectivity index (χ1) is 10.4. The fraction of sp³-hybridized carbons (Fsp3) is 0.588. The highest BCUT2D eigenvalue weighted by molar-refractivity contribution is 7.99. The van der Waals surface area contributed by atoms with Gasteiger partial charge in [-0.15, -0.1) is 0 Å². The summed E-state index contributed by atoms with van der Waals surface area (Å²) in [7, 11) is 0. The lowest BCUT2D eigenvalue weighted by Crippen LogP contribution is -2.43. The molecule has 0 amide bonds. The van der Waals surface area contributed by atoms with Crippen molar-refractivity contribution in [2.24, 2.45) is 0 Å². The monoisotopic (exact) mass is 302 g/mol. The number of oxazole rings is 1. The van der Waals surface area contributed by atoms with Crippen LogP contribution in [-0.4, -0.2) is 40.5 Å². The topological polar surface area (TPSA) is 29.3 Å². The first kappa shape index (κ1) is 13.6. The minimum atomic E-state index is 0.473.